The summed E-state index contributed by atoms with van der Waals surface area (Å²) in [5.74, 6) is 1.26. The highest BCUT2D eigenvalue weighted by atomic mass is 16.5. The minimum absolute atomic E-state index is 0.0887. The van der Waals surface area contributed by atoms with Gasteiger partial charge in [0.05, 0.1) is 18.8 Å². The van der Waals surface area contributed by atoms with Crippen molar-refractivity contribution in [3.05, 3.63) is 89.3 Å². The van der Waals surface area contributed by atoms with Crippen LogP contribution in [0, 0.1) is 0 Å². The van der Waals surface area contributed by atoms with E-state index in [-0.39, 0.29) is 5.43 Å². The van der Waals surface area contributed by atoms with Gasteiger partial charge in [-0.15, -0.1) is 0 Å². The molecule has 28 heavy (non-hydrogen) atoms. The first-order valence-electron chi connectivity index (χ1n) is 8.92. The zero-order valence-corrected chi connectivity index (χ0v) is 15.1. The van der Waals surface area contributed by atoms with Crippen LogP contribution < -0.4 is 10.2 Å². The molecule has 0 bridgehead atoms. The normalized spacial score (nSPS) is 11.2. The molecule has 0 saturated heterocycles. The Morgan fingerprint density at radius 1 is 0.786 bits per heavy atom. The summed E-state index contributed by atoms with van der Waals surface area (Å²) in [6, 6.07) is 22.5. The van der Waals surface area contributed by atoms with E-state index in [1.807, 2.05) is 60.7 Å². The van der Waals surface area contributed by atoms with Gasteiger partial charge < -0.3 is 13.6 Å². The number of methoxy groups -OCH3 is 1. The molecule has 5 rings (SSSR count). The molecule has 4 heteroatoms. The number of hydrogen-bond donors (Lipinski definition) is 0. The van der Waals surface area contributed by atoms with E-state index in [1.165, 1.54) is 6.07 Å². The van der Waals surface area contributed by atoms with Crippen LogP contribution in [0.5, 0.6) is 5.75 Å². The van der Waals surface area contributed by atoms with Crippen molar-refractivity contribution in [2.24, 2.45) is 0 Å². The maximum absolute atomic E-state index is 12.8. The molecule has 0 fully saturated rings. The Labute approximate surface area is 160 Å². The van der Waals surface area contributed by atoms with Crippen molar-refractivity contribution in [3.8, 4) is 28.2 Å². The summed E-state index contributed by atoms with van der Waals surface area (Å²) in [4.78, 5) is 12.8. The lowest BCUT2D eigenvalue weighted by molar-refractivity contribution is 0.415. The number of benzene rings is 3. The molecule has 0 aliphatic heterocycles. The maximum Gasteiger partial charge on any atom is 0.193 e. The van der Waals surface area contributed by atoms with Crippen LogP contribution in [0.4, 0.5) is 0 Å². The highest BCUT2D eigenvalue weighted by Gasteiger charge is 2.13. The minimum Gasteiger partial charge on any atom is -0.497 e. The van der Waals surface area contributed by atoms with Crippen LogP contribution in [0.25, 0.3) is 44.4 Å². The fraction of sp³-hybridized carbons (Fsp3) is 0.0417. The molecule has 5 aromatic rings. The van der Waals surface area contributed by atoms with Gasteiger partial charge in [0.2, 0.25) is 0 Å². The lowest BCUT2D eigenvalue weighted by Gasteiger charge is -2.05. The van der Waals surface area contributed by atoms with Crippen LogP contribution in [-0.2, 0) is 0 Å². The second-order valence-electron chi connectivity index (χ2n) is 6.56. The molecule has 136 valence electrons. The Bertz CT molecular complexity index is 1340. The molecule has 0 amide bonds. The third-order valence-corrected chi connectivity index (χ3v) is 4.88. The summed E-state index contributed by atoms with van der Waals surface area (Å²) >= 11 is 0. The van der Waals surface area contributed by atoms with Crippen molar-refractivity contribution in [3.63, 3.8) is 0 Å². The Morgan fingerprint density at radius 2 is 1.57 bits per heavy atom. The molecule has 0 aliphatic carbocycles. The van der Waals surface area contributed by atoms with Crippen LogP contribution in [0.3, 0.4) is 0 Å². The first-order chi connectivity index (χ1) is 13.7. The molecule has 0 aliphatic rings. The molecule has 3 aromatic carbocycles. The molecule has 0 radical (unpaired) electrons. The zero-order chi connectivity index (χ0) is 19.1. The van der Waals surface area contributed by atoms with Crippen LogP contribution in [-0.4, -0.2) is 7.11 Å². The lowest BCUT2D eigenvalue weighted by atomic mass is 10.0. The zero-order valence-electron chi connectivity index (χ0n) is 15.1. The maximum atomic E-state index is 12.8. The Kier molecular flexibility index (Phi) is 3.76. The first-order valence-corrected chi connectivity index (χ1v) is 8.92. The number of ether oxygens (including phenoxy) is 1. The van der Waals surface area contributed by atoms with Gasteiger partial charge in [0.1, 0.15) is 22.7 Å². The third-order valence-electron chi connectivity index (χ3n) is 4.88. The molecule has 0 N–H and O–H groups in total. The van der Waals surface area contributed by atoms with Gasteiger partial charge in [0, 0.05) is 28.6 Å². The molecule has 2 aromatic heterocycles. The molecule has 2 heterocycles. The number of fused-ring (bicyclic) bond motifs is 2. The molecule has 4 nitrogen and oxygen atoms in total. The summed E-state index contributed by atoms with van der Waals surface area (Å²) in [5, 5.41) is 1.42. The van der Waals surface area contributed by atoms with Gasteiger partial charge in [-0.05, 0) is 35.9 Å². The highest BCUT2D eigenvalue weighted by molar-refractivity contribution is 6.01. The van der Waals surface area contributed by atoms with E-state index < -0.39 is 0 Å². The Balaban J connectivity index is 1.69. The fourth-order valence-corrected chi connectivity index (χ4v) is 3.42. The van der Waals surface area contributed by atoms with E-state index in [2.05, 4.69) is 0 Å². The second kappa shape index (κ2) is 6.43. The van der Waals surface area contributed by atoms with Gasteiger partial charge in [-0.1, -0.05) is 30.3 Å². The van der Waals surface area contributed by atoms with E-state index >= 15 is 0 Å². The third kappa shape index (κ3) is 2.67. The Morgan fingerprint density at radius 3 is 2.32 bits per heavy atom. The molecule has 0 unspecified atom stereocenters. The summed E-state index contributed by atoms with van der Waals surface area (Å²) < 4.78 is 17.0. The van der Waals surface area contributed by atoms with Crippen molar-refractivity contribution >= 4 is 21.9 Å². The molecule has 0 atom stereocenters. The number of furan rings is 1. The SMILES string of the molecule is COc1ccc(-c2cc(=O)c3cc4c(-c5ccccc5)coc4cc3o2)cc1. The van der Waals surface area contributed by atoms with E-state index in [1.54, 1.807) is 19.4 Å². The van der Waals surface area contributed by atoms with E-state index in [4.69, 9.17) is 13.6 Å². The first kappa shape index (κ1) is 16.4. The molecular formula is C24H16O4. The average Bonchev–Trinajstić information content (AvgIpc) is 3.16. The van der Waals surface area contributed by atoms with Gasteiger partial charge in [-0.2, -0.15) is 0 Å². The van der Waals surface area contributed by atoms with E-state index in [0.29, 0.717) is 22.3 Å². The van der Waals surface area contributed by atoms with Gasteiger partial charge >= 0.3 is 0 Å². The summed E-state index contributed by atoms with van der Waals surface area (Å²) in [6.45, 7) is 0. The topological polar surface area (TPSA) is 52.6 Å². The molecular weight excluding hydrogens is 352 g/mol. The highest BCUT2D eigenvalue weighted by Crippen LogP contribution is 2.34. The van der Waals surface area contributed by atoms with Gasteiger partial charge in [0.25, 0.3) is 0 Å². The van der Waals surface area contributed by atoms with Crippen LogP contribution in [0.1, 0.15) is 0 Å². The molecule has 0 saturated carbocycles. The predicted molar refractivity (Wildman–Crippen MR) is 110 cm³/mol. The number of rotatable bonds is 3. The number of hydrogen-bond acceptors (Lipinski definition) is 4. The van der Waals surface area contributed by atoms with Crippen LogP contribution >= 0.6 is 0 Å². The van der Waals surface area contributed by atoms with E-state index in [0.717, 1.165) is 27.8 Å². The smallest absolute Gasteiger partial charge is 0.193 e. The lowest BCUT2D eigenvalue weighted by Crippen LogP contribution is -2.00. The summed E-state index contributed by atoms with van der Waals surface area (Å²) in [7, 11) is 1.61. The molecule has 0 spiro atoms. The summed E-state index contributed by atoms with van der Waals surface area (Å²) in [6.07, 6.45) is 1.72. The standard InChI is InChI=1S/C24H16O4/c1-26-17-9-7-16(8-10-17)22-12-21(25)19-11-18-20(15-5-3-2-4-6-15)14-27-23(18)13-24(19)28-22/h2-14H,1H3. The van der Waals surface area contributed by atoms with Gasteiger partial charge in [0.15, 0.2) is 5.43 Å². The fourth-order valence-electron chi connectivity index (χ4n) is 3.42. The Hall–Kier alpha value is -3.79. The average molecular weight is 368 g/mol. The van der Waals surface area contributed by atoms with Crippen molar-refractivity contribution in [2.45, 2.75) is 0 Å². The van der Waals surface area contributed by atoms with Gasteiger partial charge in [-0.3, -0.25) is 4.79 Å². The minimum atomic E-state index is -0.0887. The largest absolute Gasteiger partial charge is 0.497 e. The quantitative estimate of drug-likeness (QED) is 0.399. The van der Waals surface area contributed by atoms with Crippen LogP contribution in [0.15, 0.2) is 92.7 Å². The second-order valence-corrected chi connectivity index (χ2v) is 6.56. The van der Waals surface area contributed by atoms with Crippen molar-refractivity contribution in [1.29, 1.82) is 0 Å². The van der Waals surface area contributed by atoms with Crippen molar-refractivity contribution in [1.82, 2.24) is 0 Å². The van der Waals surface area contributed by atoms with E-state index in [9.17, 15) is 4.79 Å². The summed E-state index contributed by atoms with van der Waals surface area (Å²) in [5.41, 5.74) is 3.90. The van der Waals surface area contributed by atoms with Gasteiger partial charge in [-0.25, -0.2) is 0 Å². The monoisotopic (exact) mass is 368 g/mol. The predicted octanol–water partition coefficient (Wildman–Crippen LogP) is 5.88. The van der Waals surface area contributed by atoms with Crippen molar-refractivity contribution < 1.29 is 13.6 Å². The van der Waals surface area contributed by atoms with Crippen LogP contribution in [0.2, 0.25) is 0 Å². The van der Waals surface area contributed by atoms with Crippen molar-refractivity contribution in [2.75, 3.05) is 7.11 Å².